The molecular formula is C11H13NO. The maximum absolute atomic E-state index is 11.1. The third-order valence-electron chi connectivity index (χ3n) is 1.81. The third-order valence-corrected chi connectivity index (χ3v) is 1.81. The fourth-order valence-corrected chi connectivity index (χ4v) is 1.09. The van der Waals surface area contributed by atoms with Gasteiger partial charge in [0, 0.05) is 13.6 Å². The molecular weight excluding hydrogens is 162 g/mol. The number of amides is 1. The molecule has 1 aromatic carbocycles. The van der Waals surface area contributed by atoms with Crippen molar-refractivity contribution in [2.24, 2.45) is 0 Å². The average Bonchev–Trinajstić information content (AvgIpc) is 2.18. The summed E-state index contributed by atoms with van der Waals surface area (Å²) >= 11 is 0. The van der Waals surface area contributed by atoms with Crippen molar-refractivity contribution in [2.75, 3.05) is 7.05 Å². The number of likely N-dealkylation sites (N-methyl/N-ethyl adjacent to an activating group) is 1. The topological polar surface area (TPSA) is 20.3 Å². The Morgan fingerprint density at radius 2 is 2.08 bits per heavy atom. The summed E-state index contributed by atoms with van der Waals surface area (Å²) in [5.74, 6) is -0.0520. The molecule has 0 unspecified atom stereocenters. The van der Waals surface area contributed by atoms with Crippen LogP contribution in [-0.2, 0) is 11.3 Å². The Morgan fingerprint density at radius 1 is 1.46 bits per heavy atom. The van der Waals surface area contributed by atoms with Crippen molar-refractivity contribution in [3.8, 4) is 0 Å². The normalized spacial score (nSPS) is 9.31. The molecule has 1 rings (SSSR count). The van der Waals surface area contributed by atoms with Crippen molar-refractivity contribution in [3.05, 3.63) is 48.6 Å². The van der Waals surface area contributed by atoms with Gasteiger partial charge in [-0.1, -0.05) is 36.9 Å². The van der Waals surface area contributed by atoms with E-state index in [4.69, 9.17) is 0 Å². The van der Waals surface area contributed by atoms with E-state index >= 15 is 0 Å². The largest absolute Gasteiger partial charge is 0.338 e. The van der Waals surface area contributed by atoms with Crippen molar-refractivity contribution in [1.82, 2.24) is 4.90 Å². The smallest absolute Gasteiger partial charge is 0.245 e. The van der Waals surface area contributed by atoms with Crippen LogP contribution >= 0.6 is 0 Å². The highest BCUT2D eigenvalue weighted by Gasteiger charge is 2.03. The molecule has 0 bridgehead atoms. The molecule has 0 aromatic heterocycles. The monoisotopic (exact) mass is 175 g/mol. The maximum Gasteiger partial charge on any atom is 0.245 e. The number of carbonyl (C=O) groups excluding carboxylic acids is 1. The molecule has 2 heteroatoms. The third kappa shape index (κ3) is 2.75. The molecule has 0 radical (unpaired) electrons. The number of benzene rings is 1. The molecule has 0 spiro atoms. The summed E-state index contributed by atoms with van der Waals surface area (Å²) in [7, 11) is 1.76. The first-order valence-electron chi connectivity index (χ1n) is 4.15. The van der Waals surface area contributed by atoms with Crippen LogP contribution in [-0.4, -0.2) is 17.9 Å². The van der Waals surface area contributed by atoms with Crippen molar-refractivity contribution in [2.45, 2.75) is 6.54 Å². The Bertz CT molecular complexity index is 292. The summed E-state index contributed by atoms with van der Waals surface area (Å²) < 4.78 is 0. The lowest BCUT2D eigenvalue weighted by molar-refractivity contribution is -0.125. The molecule has 1 amide bonds. The summed E-state index contributed by atoms with van der Waals surface area (Å²) in [5, 5.41) is 0. The zero-order valence-corrected chi connectivity index (χ0v) is 7.73. The van der Waals surface area contributed by atoms with Crippen LogP contribution in [0.4, 0.5) is 0 Å². The van der Waals surface area contributed by atoms with Crippen LogP contribution in [0.1, 0.15) is 5.56 Å². The van der Waals surface area contributed by atoms with E-state index in [0.29, 0.717) is 6.54 Å². The van der Waals surface area contributed by atoms with Gasteiger partial charge in [-0.3, -0.25) is 4.79 Å². The highest BCUT2D eigenvalue weighted by molar-refractivity contribution is 5.86. The fraction of sp³-hybridized carbons (Fsp3) is 0.182. The number of carbonyl (C=O) groups is 1. The van der Waals surface area contributed by atoms with Crippen molar-refractivity contribution < 1.29 is 4.79 Å². The highest BCUT2D eigenvalue weighted by Crippen LogP contribution is 2.02. The van der Waals surface area contributed by atoms with E-state index in [9.17, 15) is 4.79 Å². The van der Waals surface area contributed by atoms with Crippen LogP contribution in [0, 0.1) is 0 Å². The molecule has 0 heterocycles. The van der Waals surface area contributed by atoms with Gasteiger partial charge in [0.1, 0.15) is 0 Å². The molecule has 0 atom stereocenters. The zero-order valence-electron chi connectivity index (χ0n) is 7.73. The molecule has 0 saturated heterocycles. The van der Waals surface area contributed by atoms with E-state index in [1.54, 1.807) is 11.9 Å². The molecule has 1 aromatic rings. The second-order valence-electron chi connectivity index (χ2n) is 2.88. The predicted octanol–water partition coefficient (Wildman–Crippen LogP) is 1.83. The lowest BCUT2D eigenvalue weighted by Gasteiger charge is -2.14. The highest BCUT2D eigenvalue weighted by atomic mass is 16.2. The Balaban J connectivity index is 2.60. The van der Waals surface area contributed by atoms with Gasteiger partial charge in [-0.05, 0) is 11.6 Å². The van der Waals surface area contributed by atoms with Gasteiger partial charge in [0.25, 0.3) is 0 Å². The maximum atomic E-state index is 11.1. The summed E-state index contributed by atoms with van der Waals surface area (Å²) in [6, 6.07) is 9.86. The van der Waals surface area contributed by atoms with E-state index < -0.39 is 0 Å². The van der Waals surface area contributed by atoms with Crippen LogP contribution in [0.25, 0.3) is 0 Å². The second kappa shape index (κ2) is 4.45. The molecule has 0 N–H and O–H groups in total. The van der Waals surface area contributed by atoms with Gasteiger partial charge in [0.15, 0.2) is 0 Å². The quantitative estimate of drug-likeness (QED) is 0.642. The minimum atomic E-state index is -0.0520. The van der Waals surface area contributed by atoms with Crippen LogP contribution in [0.3, 0.4) is 0 Å². The predicted molar refractivity (Wildman–Crippen MR) is 53.1 cm³/mol. The lowest BCUT2D eigenvalue weighted by Crippen LogP contribution is -2.23. The average molecular weight is 175 g/mol. The number of rotatable bonds is 3. The van der Waals surface area contributed by atoms with E-state index in [1.165, 1.54) is 6.08 Å². The Hall–Kier alpha value is -1.57. The summed E-state index contributed by atoms with van der Waals surface area (Å²) in [6.07, 6.45) is 1.32. The van der Waals surface area contributed by atoms with Crippen LogP contribution in [0.2, 0.25) is 0 Å². The molecule has 0 fully saturated rings. The molecule has 0 aliphatic heterocycles. The summed E-state index contributed by atoms with van der Waals surface area (Å²) in [6.45, 7) is 4.06. The number of hydrogen-bond acceptors (Lipinski definition) is 1. The van der Waals surface area contributed by atoms with Gasteiger partial charge in [-0.15, -0.1) is 0 Å². The van der Waals surface area contributed by atoms with Crippen molar-refractivity contribution >= 4 is 5.91 Å². The van der Waals surface area contributed by atoms with E-state index in [2.05, 4.69) is 6.58 Å². The van der Waals surface area contributed by atoms with Gasteiger partial charge in [-0.25, -0.2) is 0 Å². The molecule has 13 heavy (non-hydrogen) atoms. The van der Waals surface area contributed by atoms with Crippen molar-refractivity contribution in [1.29, 1.82) is 0 Å². The van der Waals surface area contributed by atoms with E-state index in [0.717, 1.165) is 5.56 Å². The van der Waals surface area contributed by atoms with Gasteiger partial charge in [-0.2, -0.15) is 0 Å². The zero-order chi connectivity index (χ0) is 9.68. The second-order valence-corrected chi connectivity index (χ2v) is 2.88. The van der Waals surface area contributed by atoms with Crippen LogP contribution in [0.5, 0.6) is 0 Å². The Labute approximate surface area is 78.5 Å². The standard InChI is InChI=1S/C11H13NO/c1-3-11(13)12(2)9-10-7-5-4-6-8-10/h3-8H,1,9H2,2H3. The first-order valence-corrected chi connectivity index (χ1v) is 4.15. The van der Waals surface area contributed by atoms with Crippen LogP contribution < -0.4 is 0 Å². The number of hydrogen-bond donors (Lipinski definition) is 0. The molecule has 0 aliphatic carbocycles. The van der Waals surface area contributed by atoms with E-state index in [-0.39, 0.29) is 5.91 Å². The van der Waals surface area contributed by atoms with E-state index in [1.807, 2.05) is 30.3 Å². The SMILES string of the molecule is C=CC(=O)N(C)Cc1ccccc1. The Kier molecular flexibility index (Phi) is 3.26. The van der Waals surface area contributed by atoms with Crippen LogP contribution in [0.15, 0.2) is 43.0 Å². The minimum absolute atomic E-state index is 0.0520. The molecule has 68 valence electrons. The molecule has 0 aliphatic rings. The van der Waals surface area contributed by atoms with Crippen molar-refractivity contribution in [3.63, 3.8) is 0 Å². The van der Waals surface area contributed by atoms with Gasteiger partial charge in [0.2, 0.25) is 5.91 Å². The van der Waals surface area contributed by atoms with Gasteiger partial charge in [0.05, 0.1) is 0 Å². The first-order chi connectivity index (χ1) is 6.24. The number of nitrogens with zero attached hydrogens (tertiary/aromatic N) is 1. The molecule has 0 saturated carbocycles. The lowest BCUT2D eigenvalue weighted by atomic mass is 10.2. The Morgan fingerprint density at radius 3 is 2.62 bits per heavy atom. The first kappa shape index (κ1) is 9.52. The van der Waals surface area contributed by atoms with Gasteiger partial charge >= 0.3 is 0 Å². The fourth-order valence-electron chi connectivity index (χ4n) is 1.09. The summed E-state index contributed by atoms with van der Waals surface area (Å²) in [5.41, 5.74) is 1.13. The van der Waals surface area contributed by atoms with Gasteiger partial charge < -0.3 is 4.90 Å². The molecule has 2 nitrogen and oxygen atoms in total. The minimum Gasteiger partial charge on any atom is -0.338 e. The summed E-state index contributed by atoms with van der Waals surface area (Å²) in [4.78, 5) is 12.8.